The molecule has 1 aromatic rings. The molecule has 0 aromatic heterocycles. The molecule has 0 amide bonds. The summed E-state index contributed by atoms with van der Waals surface area (Å²) in [6.45, 7) is 0.396. The third-order valence-electron chi connectivity index (χ3n) is 9.45. The van der Waals surface area contributed by atoms with Crippen LogP contribution in [0.1, 0.15) is 12.5 Å². The van der Waals surface area contributed by atoms with E-state index in [1.54, 1.807) is 30.3 Å². The summed E-state index contributed by atoms with van der Waals surface area (Å²) in [7, 11) is 1.54. The van der Waals surface area contributed by atoms with Gasteiger partial charge in [-0.25, -0.2) is 4.79 Å². The molecule has 6 rings (SSSR count). The van der Waals surface area contributed by atoms with Gasteiger partial charge in [-0.2, -0.15) is 0 Å². The average Bonchev–Trinajstić information content (AvgIpc) is 3.75. The number of rotatable bonds is 10. The Morgan fingerprint density at radius 3 is 2.30 bits per heavy atom. The minimum absolute atomic E-state index is 0.478. The van der Waals surface area contributed by atoms with E-state index < -0.39 is 117 Å². The highest BCUT2D eigenvalue weighted by Crippen LogP contribution is 2.61. The van der Waals surface area contributed by atoms with Gasteiger partial charge in [-0.15, -0.1) is 0 Å². The Bertz CT molecular complexity index is 1300. The van der Waals surface area contributed by atoms with Crippen molar-refractivity contribution in [1.82, 2.24) is 0 Å². The molecule has 1 saturated carbocycles. The summed E-state index contributed by atoms with van der Waals surface area (Å²) in [5, 5.41) is 72.7. The SMILES string of the molecule is COc1ccc(/C=C\C(=O)O[C@H]2[C@H](O)[C@H](O[C@H]3[C@@H]4C=CO[C@@H](O[C@@H]5O[C@H](CO)[C@@H](O)[C@H](O)[C@H]5O)[C@@H]4[C@@]4(CO)O[C@@H]34)O[C@@H](C)[C@@H]2O)cc1. The smallest absolute Gasteiger partial charge is 0.331 e. The van der Waals surface area contributed by atoms with E-state index in [9.17, 15) is 40.5 Å². The zero-order valence-corrected chi connectivity index (χ0v) is 25.5. The highest BCUT2D eigenvalue weighted by Gasteiger charge is 2.77. The van der Waals surface area contributed by atoms with Crippen LogP contribution in [0.25, 0.3) is 6.08 Å². The van der Waals surface area contributed by atoms with Gasteiger partial charge in [-0.1, -0.05) is 12.1 Å². The summed E-state index contributed by atoms with van der Waals surface area (Å²) < 4.78 is 45.6. The number of hydrogen-bond donors (Lipinski definition) is 7. The molecule has 3 saturated heterocycles. The second-order valence-corrected chi connectivity index (χ2v) is 12.2. The number of epoxide rings is 1. The van der Waals surface area contributed by atoms with Crippen molar-refractivity contribution < 1.29 is 78.4 Å². The van der Waals surface area contributed by atoms with Gasteiger partial charge in [0, 0.05) is 12.0 Å². The van der Waals surface area contributed by atoms with E-state index in [2.05, 4.69) is 0 Å². The molecule has 4 heterocycles. The maximum absolute atomic E-state index is 12.7. The Balaban J connectivity index is 1.14. The molecule has 0 bridgehead atoms. The van der Waals surface area contributed by atoms with Crippen LogP contribution in [0.5, 0.6) is 5.75 Å². The van der Waals surface area contributed by atoms with Crippen molar-refractivity contribution >= 4 is 12.0 Å². The number of aliphatic hydroxyl groups excluding tert-OH is 7. The van der Waals surface area contributed by atoms with Crippen molar-refractivity contribution in [3.8, 4) is 5.75 Å². The molecule has 4 aliphatic heterocycles. The van der Waals surface area contributed by atoms with Gasteiger partial charge in [0.2, 0.25) is 6.29 Å². The standard InChI is InChI=1S/C31H40O16/c1-13-20(35)26(44-18(34)8-5-14-3-6-15(40-2)7-4-14)24(39)30(42-13)45-25-16-9-10-41-28(19(16)31(12-33)27(25)47-31)46-29-23(38)22(37)21(36)17(11-32)43-29/h3-10,13,16-17,19-30,32-33,35-39H,11-12H2,1-2H3/b8-5-/t13-,16+,17+,19+,20-,21+,22-,23+,24-,25-,26+,27-,28-,29-,30-,31+/m0/s1. The molecule has 47 heavy (non-hydrogen) atoms. The van der Waals surface area contributed by atoms with Gasteiger partial charge < -0.3 is 73.6 Å². The van der Waals surface area contributed by atoms with Crippen molar-refractivity contribution in [1.29, 1.82) is 0 Å². The molecular weight excluding hydrogens is 628 g/mol. The van der Waals surface area contributed by atoms with E-state index in [0.29, 0.717) is 11.3 Å². The van der Waals surface area contributed by atoms with E-state index >= 15 is 0 Å². The van der Waals surface area contributed by atoms with Gasteiger partial charge in [0.15, 0.2) is 18.7 Å². The highest BCUT2D eigenvalue weighted by molar-refractivity contribution is 5.87. The monoisotopic (exact) mass is 668 g/mol. The summed E-state index contributed by atoms with van der Waals surface area (Å²) in [5.41, 5.74) is -0.529. The predicted molar refractivity (Wildman–Crippen MR) is 154 cm³/mol. The van der Waals surface area contributed by atoms with Crippen LogP contribution in [0.4, 0.5) is 0 Å². The molecule has 5 aliphatic rings. The lowest BCUT2D eigenvalue weighted by Crippen LogP contribution is -2.60. The van der Waals surface area contributed by atoms with Crippen LogP contribution >= 0.6 is 0 Å². The Kier molecular flexibility index (Phi) is 9.93. The topological polar surface area (TPSA) is 236 Å². The largest absolute Gasteiger partial charge is 0.497 e. The van der Waals surface area contributed by atoms with E-state index in [-0.39, 0.29) is 0 Å². The van der Waals surface area contributed by atoms with Crippen LogP contribution in [0.15, 0.2) is 42.7 Å². The third-order valence-corrected chi connectivity index (χ3v) is 9.45. The maximum Gasteiger partial charge on any atom is 0.331 e. The second-order valence-electron chi connectivity index (χ2n) is 12.2. The molecular formula is C31H40O16. The van der Waals surface area contributed by atoms with Crippen molar-refractivity contribution in [2.24, 2.45) is 11.8 Å². The molecule has 260 valence electrons. The fourth-order valence-electron chi connectivity index (χ4n) is 6.77. The minimum Gasteiger partial charge on any atom is -0.497 e. The molecule has 7 N–H and O–H groups in total. The molecule has 4 fully saturated rings. The van der Waals surface area contributed by atoms with Crippen molar-refractivity contribution in [3.63, 3.8) is 0 Å². The fourth-order valence-corrected chi connectivity index (χ4v) is 6.77. The lowest BCUT2D eigenvalue weighted by atomic mass is 9.85. The van der Waals surface area contributed by atoms with Crippen LogP contribution in [0.2, 0.25) is 0 Å². The first-order valence-corrected chi connectivity index (χ1v) is 15.3. The number of ether oxygens (including phenoxy) is 8. The zero-order valence-electron chi connectivity index (χ0n) is 25.5. The van der Waals surface area contributed by atoms with E-state index in [4.69, 9.17) is 37.9 Å². The van der Waals surface area contributed by atoms with Gasteiger partial charge in [0.05, 0.1) is 44.7 Å². The summed E-state index contributed by atoms with van der Waals surface area (Å²) in [5.74, 6) is -1.48. The van der Waals surface area contributed by atoms with Gasteiger partial charge in [0.1, 0.15) is 54.1 Å². The minimum atomic E-state index is -1.69. The van der Waals surface area contributed by atoms with E-state index in [0.717, 1.165) is 6.08 Å². The van der Waals surface area contributed by atoms with Crippen molar-refractivity contribution in [2.45, 2.75) is 92.4 Å². The Morgan fingerprint density at radius 2 is 1.62 bits per heavy atom. The van der Waals surface area contributed by atoms with Gasteiger partial charge in [0.25, 0.3) is 0 Å². The molecule has 16 atom stereocenters. The summed E-state index contributed by atoms with van der Waals surface area (Å²) >= 11 is 0. The zero-order chi connectivity index (χ0) is 33.6. The van der Waals surface area contributed by atoms with Crippen LogP contribution < -0.4 is 4.74 Å². The number of fused-ring (bicyclic) bond motifs is 3. The van der Waals surface area contributed by atoms with Crippen LogP contribution in [0.3, 0.4) is 0 Å². The first-order valence-electron chi connectivity index (χ1n) is 15.3. The molecule has 0 unspecified atom stereocenters. The number of methoxy groups -OCH3 is 1. The number of aliphatic hydroxyl groups is 7. The Labute approximate surface area is 269 Å². The third kappa shape index (κ3) is 6.29. The number of carbonyl (C=O) groups is 1. The van der Waals surface area contributed by atoms with Crippen molar-refractivity contribution in [3.05, 3.63) is 48.2 Å². The lowest BCUT2D eigenvalue weighted by Gasteiger charge is -2.44. The second kappa shape index (κ2) is 13.7. The summed E-state index contributed by atoms with van der Waals surface area (Å²) in [6, 6.07) is 6.91. The summed E-state index contributed by atoms with van der Waals surface area (Å²) in [6.07, 6.45) is -11.5. The van der Waals surface area contributed by atoms with Crippen LogP contribution in [0, 0.1) is 11.8 Å². The van der Waals surface area contributed by atoms with E-state index in [1.165, 1.54) is 26.4 Å². The summed E-state index contributed by atoms with van der Waals surface area (Å²) in [4.78, 5) is 12.7. The lowest BCUT2D eigenvalue weighted by molar-refractivity contribution is -0.347. The number of carbonyl (C=O) groups excluding carboxylic acids is 1. The molecule has 1 aromatic carbocycles. The molecule has 16 nitrogen and oxygen atoms in total. The average molecular weight is 669 g/mol. The van der Waals surface area contributed by atoms with Crippen molar-refractivity contribution in [2.75, 3.05) is 20.3 Å². The first-order chi connectivity index (χ1) is 22.5. The molecule has 1 aliphatic carbocycles. The van der Waals surface area contributed by atoms with Gasteiger partial charge >= 0.3 is 5.97 Å². The van der Waals surface area contributed by atoms with E-state index in [1.807, 2.05) is 0 Å². The molecule has 16 heteroatoms. The Morgan fingerprint density at radius 1 is 0.894 bits per heavy atom. The first kappa shape index (κ1) is 34.2. The number of hydrogen-bond acceptors (Lipinski definition) is 16. The normalized spacial score (nSPS) is 45.6. The number of esters is 1. The fraction of sp³-hybridized carbons (Fsp3) is 0.645. The van der Waals surface area contributed by atoms with Gasteiger partial charge in [-0.05, 0) is 36.8 Å². The quantitative estimate of drug-likeness (QED) is 0.0777. The van der Waals surface area contributed by atoms with Crippen LogP contribution in [-0.2, 0) is 38.0 Å². The number of benzene rings is 1. The highest BCUT2D eigenvalue weighted by atomic mass is 16.8. The Hall–Kier alpha value is -2.71. The molecule has 0 radical (unpaired) electrons. The molecule has 0 spiro atoms. The van der Waals surface area contributed by atoms with Crippen LogP contribution in [-0.4, -0.2) is 148 Å². The maximum atomic E-state index is 12.7. The van der Waals surface area contributed by atoms with Gasteiger partial charge in [-0.3, -0.25) is 0 Å². The predicted octanol–water partition coefficient (Wildman–Crippen LogP) is -2.47.